The number of benzene rings is 1. The number of H-pyrrole nitrogens is 1. The molecule has 2 aromatic rings. The zero-order valence-electron chi connectivity index (χ0n) is 14.0. The highest BCUT2D eigenvalue weighted by molar-refractivity contribution is 5.74. The number of tetrazole rings is 1. The summed E-state index contributed by atoms with van der Waals surface area (Å²) < 4.78 is 24.7. The van der Waals surface area contributed by atoms with Gasteiger partial charge in [-0.25, -0.2) is 4.39 Å². The molecule has 0 spiro atoms. The molecule has 1 aliphatic rings. The molecule has 0 bridgehead atoms. The molecule has 2 N–H and O–H groups in total. The average molecular weight is 359 g/mol. The van der Waals surface area contributed by atoms with E-state index in [0.717, 1.165) is 32.8 Å². The molecule has 26 heavy (non-hydrogen) atoms. The van der Waals surface area contributed by atoms with E-state index in [1.807, 2.05) is 6.07 Å². The van der Waals surface area contributed by atoms with Crippen molar-refractivity contribution in [3.63, 3.8) is 0 Å². The van der Waals surface area contributed by atoms with Gasteiger partial charge >= 0.3 is 0 Å². The first-order valence-electron chi connectivity index (χ1n) is 8.09. The highest BCUT2D eigenvalue weighted by Crippen LogP contribution is 2.26. The second-order valence-electron chi connectivity index (χ2n) is 5.49. The lowest BCUT2D eigenvalue weighted by Crippen LogP contribution is -2.38. The molecule has 9 nitrogen and oxygen atoms in total. The van der Waals surface area contributed by atoms with Crippen LogP contribution < -0.4 is 10.1 Å². The van der Waals surface area contributed by atoms with Gasteiger partial charge in [-0.1, -0.05) is 0 Å². The highest BCUT2D eigenvalue weighted by Gasteiger charge is 2.11. The van der Waals surface area contributed by atoms with Crippen LogP contribution in [0.15, 0.2) is 24.4 Å². The number of nitriles is 1. The van der Waals surface area contributed by atoms with Gasteiger partial charge in [0.2, 0.25) is 5.82 Å². The van der Waals surface area contributed by atoms with E-state index in [2.05, 4.69) is 30.8 Å². The predicted molar refractivity (Wildman–Crippen MR) is 90.5 cm³/mol. The van der Waals surface area contributed by atoms with Crippen molar-refractivity contribution in [2.75, 3.05) is 44.8 Å². The number of hydrogen-bond donors (Lipinski definition) is 2. The van der Waals surface area contributed by atoms with Gasteiger partial charge in [-0.2, -0.15) is 10.5 Å². The molecule has 2 heterocycles. The number of aromatic amines is 1. The van der Waals surface area contributed by atoms with E-state index in [0.29, 0.717) is 18.0 Å². The second-order valence-corrected chi connectivity index (χ2v) is 5.49. The number of hydrogen-bond acceptors (Lipinski definition) is 8. The third kappa shape index (κ3) is 4.75. The van der Waals surface area contributed by atoms with E-state index in [9.17, 15) is 9.65 Å². The van der Waals surface area contributed by atoms with Gasteiger partial charge in [0.25, 0.3) is 0 Å². The first-order valence-corrected chi connectivity index (χ1v) is 8.09. The van der Waals surface area contributed by atoms with Crippen LogP contribution in [0, 0.1) is 17.1 Å². The van der Waals surface area contributed by atoms with Crippen LogP contribution in [0.5, 0.6) is 5.75 Å². The Labute approximate surface area is 149 Å². The molecule has 1 aliphatic heterocycles. The molecular formula is C16H18FN7O2. The fourth-order valence-electron chi connectivity index (χ4n) is 2.42. The minimum absolute atomic E-state index is 0.145. The minimum Gasteiger partial charge on any atom is -0.490 e. The summed E-state index contributed by atoms with van der Waals surface area (Å²) in [6, 6.07) is 6.12. The van der Waals surface area contributed by atoms with Gasteiger partial charge in [-0.3, -0.25) is 4.90 Å². The molecule has 3 rings (SSSR count). The molecule has 0 radical (unpaired) electrons. The largest absolute Gasteiger partial charge is 0.490 e. The Bertz CT molecular complexity index is 782. The third-order valence-corrected chi connectivity index (χ3v) is 3.79. The Balaban J connectivity index is 1.64. The maximum Gasteiger partial charge on any atom is 0.216 e. The molecule has 0 amide bonds. The lowest BCUT2D eigenvalue weighted by molar-refractivity contribution is 0.0323. The van der Waals surface area contributed by atoms with E-state index in [1.165, 1.54) is 18.3 Å². The van der Waals surface area contributed by atoms with Crippen molar-refractivity contribution in [3.8, 4) is 11.8 Å². The van der Waals surface area contributed by atoms with Crippen molar-refractivity contribution < 1.29 is 13.9 Å². The van der Waals surface area contributed by atoms with Crippen LogP contribution in [0.2, 0.25) is 0 Å². The molecule has 136 valence electrons. The smallest absolute Gasteiger partial charge is 0.216 e. The summed E-state index contributed by atoms with van der Waals surface area (Å²) in [6.45, 7) is 4.40. The lowest BCUT2D eigenvalue weighted by Gasteiger charge is -2.26. The van der Waals surface area contributed by atoms with Gasteiger partial charge in [-0.15, -0.1) is 10.2 Å². The fraction of sp³-hybridized carbons (Fsp3) is 0.375. The van der Waals surface area contributed by atoms with Crippen molar-refractivity contribution in [3.05, 3.63) is 36.0 Å². The Morgan fingerprint density at radius 1 is 1.46 bits per heavy atom. The molecule has 0 aliphatic carbocycles. The second kappa shape index (κ2) is 8.89. The molecule has 1 aromatic heterocycles. The Hall–Kier alpha value is -3.03. The van der Waals surface area contributed by atoms with Crippen LogP contribution in [0.4, 0.5) is 10.1 Å². The molecule has 1 aromatic carbocycles. The van der Waals surface area contributed by atoms with Crippen molar-refractivity contribution in [2.45, 2.75) is 0 Å². The van der Waals surface area contributed by atoms with E-state index in [1.54, 1.807) is 6.07 Å². The predicted octanol–water partition coefficient (Wildman–Crippen LogP) is 1.03. The summed E-state index contributed by atoms with van der Waals surface area (Å²) in [5.41, 5.74) is 0.561. The van der Waals surface area contributed by atoms with Gasteiger partial charge < -0.3 is 14.8 Å². The molecule has 10 heteroatoms. The van der Waals surface area contributed by atoms with Gasteiger partial charge in [0.15, 0.2) is 0 Å². The number of nitrogens with one attached hydrogen (secondary N) is 2. The van der Waals surface area contributed by atoms with Crippen LogP contribution in [0.25, 0.3) is 5.57 Å². The van der Waals surface area contributed by atoms with Crippen LogP contribution in [0.3, 0.4) is 0 Å². The van der Waals surface area contributed by atoms with Crippen molar-refractivity contribution in [2.24, 2.45) is 0 Å². The summed E-state index contributed by atoms with van der Waals surface area (Å²) >= 11 is 0. The quantitative estimate of drug-likeness (QED) is 0.705. The molecule has 0 unspecified atom stereocenters. The van der Waals surface area contributed by atoms with E-state index in [-0.39, 0.29) is 11.4 Å². The van der Waals surface area contributed by atoms with Crippen LogP contribution in [-0.2, 0) is 4.74 Å². The van der Waals surface area contributed by atoms with E-state index in [4.69, 9.17) is 9.47 Å². The molecular weight excluding hydrogens is 341 g/mol. The van der Waals surface area contributed by atoms with Crippen LogP contribution in [-0.4, -0.2) is 65.0 Å². The normalized spacial score (nSPS) is 15.5. The minimum atomic E-state index is -0.417. The summed E-state index contributed by atoms with van der Waals surface area (Å²) in [5, 5.41) is 25.2. The summed E-state index contributed by atoms with van der Waals surface area (Å²) in [6.07, 6.45) is 1.38. The number of aromatic nitrogens is 4. The highest BCUT2D eigenvalue weighted by atomic mass is 19.1. The Kier molecular flexibility index (Phi) is 6.08. The molecule has 0 atom stereocenters. The first kappa shape index (κ1) is 17.8. The van der Waals surface area contributed by atoms with E-state index >= 15 is 0 Å². The maximum absolute atomic E-state index is 13.6. The summed E-state index contributed by atoms with van der Waals surface area (Å²) in [5.74, 6) is 0.215. The molecule has 0 saturated carbocycles. The zero-order chi connectivity index (χ0) is 18.2. The van der Waals surface area contributed by atoms with Crippen molar-refractivity contribution in [1.29, 1.82) is 5.26 Å². The Morgan fingerprint density at radius 2 is 2.31 bits per heavy atom. The van der Waals surface area contributed by atoms with Crippen molar-refractivity contribution >= 4 is 11.3 Å². The molecule has 1 saturated heterocycles. The number of halogens is 1. The maximum atomic E-state index is 13.6. The number of morpholine rings is 1. The number of allylic oxidation sites excluding steroid dienone is 1. The zero-order valence-corrected chi connectivity index (χ0v) is 14.0. The number of ether oxygens (including phenoxy) is 2. The Morgan fingerprint density at radius 3 is 3.04 bits per heavy atom. The molecule has 1 fully saturated rings. The number of rotatable bonds is 7. The summed E-state index contributed by atoms with van der Waals surface area (Å²) in [4.78, 5) is 2.24. The van der Waals surface area contributed by atoms with E-state index < -0.39 is 5.82 Å². The third-order valence-electron chi connectivity index (χ3n) is 3.79. The van der Waals surface area contributed by atoms with Crippen molar-refractivity contribution in [1.82, 2.24) is 25.5 Å². The SMILES string of the molecule is N#CC(=CNc1cc(F)ccc1OCCN1CCOCC1)c1nn[nH]n1. The van der Waals surface area contributed by atoms with Crippen LogP contribution in [0.1, 0.15) is 5.82 Å². The number of nitrogens with zero attached hydrogens (tertiary/aromatic N) is 5. The fourth-order valence-corrected chi connectivity index (χ4v) is 2.42. The first-order chi connectivity index (χ1) is 12.8. The van der Waals surface area contributed by atoms with Gasteiger partial charge in [0.1, 0.15) is 29.8 Å². The number of anilines is 1. The van der Waals surface area contributed by atoms with Gasteiger partial charge in [-0.05, 0) is 17.3 Å². The topological polar surface area (TPSA) is 112 Å². The standard InChI is InChI=1S/C16H18FN7O2/c17-13-1-2-15(26-8-5-24-3-6-25-7-4-24)14(9-13)19-11-12(10-18)16-20-22-23-21-16/h1-2,9,11,19H,3-8H2,(H,20,21,22,23). The lowest BCUT2D eigenvalue weighted by atomic mass is 10.2. The van der Waals surface area contributed by atoms with Gasteiger partial charge in [0.05, 0.1) is 18.9 Å². The summed E-state index contributed by atoms with van der Waals surface area (Å²) in [7, 11) is 0. The average Bonchev–Trinajstić information content (AvgIpc) is 3.19. The monoisotopic (exact) mass is 359 g/mol. The van der Waals surface area contributed by atoms with Gasteiger partial charge in [0, 0.05) is 31.9 Å². The van der Waals surface area contributed by atoms with Crippen LogP contribution >= 0.6 is 0 Å².